The van der Waals surface area contributed by atoms with Crippen LogP contribution in [0.4, 0.5) is 4.39 Å². The summed E-state index contributed by atoms with van der Waals surface area (Å²) in [5, 5.41) is 11.3. The van der Waals surface area contributed by atoms with E-state index < -0.39 is 23.5 Å². The number of Topliss-reactive ketones (excluding diaryl/α,β-unsaturated/α-hetero) is 1. The average molecular weight is 436 g/mol. The van der Waals surface area contributed by atoms with E-state index in [2.05, 4.69) is 4.98 Å². The molecule has 1 N–H and O–H groups in total. The van der Waals surface area contributed by atoms with Crippen LogP contribution in [0, 0.1) is 12.7 Å². The second kappa shape index (κ2) is 8.55. The zero-order chi connectivity index (χ0) is 23.0. The summed E-state index contributed by atoms with van der Waals surface area (Å²) < 4.78 is 15.3. The van der Waals surface area contributed by atoms with Gasteiger partial charge in [-0.15, -0.1) is 0 Å². The minimum absolute atomic E-state index is 0.0137. The quantitative estimate of drug-likeness (QED) is 0.365. The number of imidazole rings is 1. The third-order valence-electron chi connectivity index (χ3n) is 5.66. The van der Waals surface area contributed by atoms with Gasteiger partial charge in [0.2, 0.25) is 0 Å². The van der Waals surface area contributed by atoms with Crippen LogP contribution in [0.2, 0.25) is 0 Å². The molecule has 1 atom stereocenters. The number of fused-ring (bicyclic) bond motifs is 1. The highest BCUT2D eigenvalue weighted by Gasteiger charge is 2.46. The Labute approximate surface area is 185 Å². The molecule has 0 aliphatic carbocycles. The van der Waals surface area contributed by atoms with Gasteiger partial charge in [0.1, 0.15) is 17.2 Å². The molecule has 2 aromatic heterocycles. The molecule has 0 spiro atoms. The maximum atomic E-state index is 13.6. The molecule has 3 heterocycles. The maximum absolute atomic E-state index is 13.6. The van der Waals surface area contributed by atoms with Gasteiger partial charge in [-0.2, -0.15) is 0 Å². The van der Waals surface area contributed by atoms with Crippen LogP contribution in [0.15, 0.2) is 54.2 Å². The standard InChI is InChI=1S/C24H25FN4O3/c1-15-20(28-13-5-4-7-18(28)26-15)22(30)19-21(16-8-10-17(25)11-9-16)29(24(32)23(19)31)14-6-12-27(2)3/h4-5,7-11,13,21,30H,6,12,14H2,1-3H3. The van der Waals surface area contributed by atoms with Crippen molar-refractivity contribution in [2.24, 2.45) is 0 Å². The number of aliphatic hydroxyl groups is 1. The van der Waals surface area contributed by atoms with Crippen LogP contribution in [-0.4, -0.2) is 63.2 Å². The van der Waals surface area contributed by atoms with Gasteiger partial charge >= 0.3 is 0 Å². The highest BCUT2D eigenvalue weighted by Crippen LogP contribution is 2.40. The normalized spacial score (nSPS) is 18.3. The molecule has 0 bridgehead atoms. The molecule has 0 radical (unpaired) electrons. The Morgan fingerprint density at radius 1 is 1.16 bits per heavy atom. The van der Waals surface area contributed by atoms with Crippen molar-refractivity contribution in [1.29, 1.82) is 0 Å². The Bertz CT molecular complexity index is 1210. The largest absolute Gasteiger partial charge is 0.505 e. The van der Waals surface area contributed by atoms with Crippen molar-refractivity contribution >= 4 is 23.1 Å². The number of aryl methyl sites for hydroxylation is 1. The molecule has 1 aromatic carbocycles. The molecular weight excluding hydrogens is 411 g/mol. The zero-order valence-corrected chi connectivity index (χ0v) is 18.2. The van der Waals surface area contributed by atoms with Crippen molar-refractivity contribution in [3.05, 3.63) is 77.0 Å². The SMILES string of the molecule is Cc1nc2ccccn2c1C(O)=C1C(=O)C(=O)N(CCCN(C)C)C1c1ccc(F)cc1. The number of pyridine rings is 1. The fourth-order valence-corrected chi connectivity index (χ4v) is 4.19. The number of likely N-dealkylation sites (tertiary alicyclic amines) is 1. The summed E-state index contributed by atoms with van der Waals surface area (Å²) >= 11 is 0. The van der Waals surface area contributed by atoms with Crippen LogP contribution >= 0.6 is 0 Å². The van der Waals surface area contributed by atoms with Crippen molar-refractivity contribution in [2.75, 3.05) is 27.2 Å². The van der Waals surface area contributed by atoms with Gasteiger partial charge in [-0.1, -0.05) is 18.2 Å². The number of aromatic nitrogens is 2. The fourth-order valence-electron chi connectivity index (χ4n) is 4.19. The summed E-state index contributed by atoms with van der Waals surface area (Å²) in [4.78, 5) is 34.0. The minimum Gasteiger partial charge on any atom is -0.505 e. The molecular formula is C24H25FN4O3. The molecule has 4 rings (SSSR count). The van der Waals surface area contributed by atoms with Crippen LogP contribution in [-0.2, 0) is 9.59 Å². The molecule has 3 aromatic rings. The van der Waals surface area contributed by atoms with Crippen LogP contribution in [0.5, 0.6) is 0 Å². The van der Waals surface area contributed by atoms with Gasteiger partial charge in [-0.3, -0.25) is 14.0 Å². The first-order valence-electron chi connectivity index (χ1n) is 10.4. The van der Waals surface area contributed by atoms with E-state index in [9.17, 15) is 19.1 Å². The van der Waals surface area contributed by atoms with Crippen LogP contribution < -0.4 is 0 Å². The van der Waals surface area contributed by atoms with Crippen molar-refractivity contribution in [2.45, 2.75) is 19.4 Å². The Morgan fingerprint density at radius 3 is 2.56 bits per heavy atom. The molecule has 8 heteroatoms. The van der Waals surface area contributed by atoms with E-state index in [4.69, 9.17) is 0 Å². The molecule has 1 aliphatic rings. The van der Waals surface area contributed by atoms with Crippen molar-refractivity contribution in [1.82, 2.24) is 19.2 Å². The molecule has 1 unspecified atom stereocenters. The lowest BCUT2D eigenvalue weighted by atomic mass is 9.96. The molecule has 1 saturated heterocycles. The topological polar surface area (TPSA) is 78.1 Å². The number of halogens is 1. The molecule has 32 heavy (non-hydrogen) atoms. The molecule has 1 fully saturated rings. The van der Waals surface area contributed by atoms with E-state index in [1.54, 1.807) is 41.8 Å². The van der Waals surface area contributed by atoms with E-state index in [0.717, 1.165) is 6.54 Å². The number of carbonyl (C=O) groups is 2. The number of amides is 1. The highest BCUT2D eigenvalue weighted by molar-refractivity contribution is 6.46. The van der Waals surface area contributed by atoms with E-state index >= 15 is 0 Å². The summed E-state index contributed by atoms with van der Waals surface area (Å²) in [6.45, 7) is 2.79. The third-order valence-corrected chi connectivity index (χ3v) is 5.66. The van der Waals surface area contributed by atoms with Gasteiger partial charge in [-0.05, 0) is 63.8 Å². The molecule has 1 amide bonds. The summed E-state index contributed by atoms with van der Waals surface area (Å²) in [5.74, 6) is -2.14. The minimum atomic E-state index is -0.813. The van der Waals surface area contributed by atoms with Gasteiger partial charge in [0.05, 0.1) is 17.3 Å². The summed E-state index contributed by atoms with van der Waals surface area (Å²) in [7, 11) is 3.86. The first-order chi connectivity index (χ1) is 15.3. The second-order valence-corrected chi connectivity index (χ2v) is 8.18. The van der Waals surface area contributed by atoms with Crippen molar-refractivity contribution < 1.29 is 19.1 Å². The van der Waals surface area contributed by atoms with Crippen LogP contribution in [0.1, 0.15) is 29.4 Å². The van der Waals surface area contributed by atoms with Gasteiger partial charge < -0.3 is 14.9 Å². The summed E-state index contributed by atoms with van der Waals surface area (Å²) in [6, 6.07) is 10.3. The highest BCUT2D eigenvalue weighted by atomic mass is 19.1. The Kier molecular flexibility index (Phi) is 5.80. The van der Waals surface area contributed by atoms with Crippen molar-refractivity contribution in [3.63, 3.8) is 0 Å². The number of nitrogens with zero attached hydrogens (tertiary/aromatic N) is 4. The molecule has 166 valence electrons. The number of rotatable bonds is 6. The van der Waals surface area contributed by atoms with Gasteiger partial charge in [0.15, 0.2) is 5.76 Å². The van der Waals surface area contributed by atoms with Gasteiger partial charge in [0.25, 0.3) is 11.7 Å². The van der Waals surface area contributed by atoms with E-state index in [0.29, 0.717) is 35.6 Å². The first-order valence-corrected chi connectivity index (χ1v) is 10.4. The molecule has 0 saturated carbocycles. The monoisotopic (exact) mass is 436 g/mol. The van der Waals surface area contributed by atoms with E-state index in [1.807, 2.05) is 25.1 Å². The molecule has 7 nitrogen and oxygen atoms in total. The lowest BCUT2D eigenvalue weighted by molar-refractivity contribution is -0.139. The number of aliphatic hydroxyl groups excluding tert-OH is 1. The second-order valence-electron chi connectivity index (χ2n) is 8.18. The number of benzene rings is 1. The third kappa shape index (κ3) is 3.78. The van der Waals surface area contributed by atoms with Gasteiger partial charge in [-0.25, -0.2) is 9.37 Å². The van der Waals surface area contributed by atoms with Crippen LogP contribution in [0.25, 0.3) is 11.4 Å². The maximum Gasteiger partial charge on any atom is 0.295 e. The predicted molar refractivity (Wildman–Crippen MR) is 119 cm³/mol. The number of hydrogen-bond donors (Lipinski definition) is 1. The Hall–Kier alpha value is -3.52. The lowest BCUT2D eigenvalue weighted by Gasteiger charge is -2.26. The Morgan fingerprint density at radius 2 is 1.88 bits per heavy atom. The fraction of sp³-hybridized carbons (Fsp3) is 0.292. The smallest absolute Gasteiger partial charge is 0.295 e. The zero-order valence-electron chi connectivity index (χ0n) is 18.2. The lowest BCUT2D eigenvalue weighted by Crippen LogP contribution is -2.32. The summed E-state index contributed by atoms with van der Waals surface area (Å²) in [6.07, 6.45) is 2.39. The predicted octanol–water partition coefficient (Wildman–Crippen LogP) is 3.16. The number of carbonyl (C=O) groups excluding carboxylic acids is 2. The Balaban J connectivity index is 1.87. The van der Waals surface area contributed by atoms with E-state index in [-0.39, 0.29) is 11.3 Å². The first kappa shape index (κ1) is 21.7. The average Bonchev–Trinajstić information content (AvgIpc) is 3.22. The molecule has 1 aliphatic heterocycles. The summed E-state index contributed by atoms with van der Waals surface area (Å²) in [5.41, 5.74) is 2.05. The van der Waals surface area contributed by atoms with Crippen LogP contribution in [0.3, 0.4) is 0 Å². The van der Waals surface area contributed by atoms with E-state index in [1.165, 1.54) is 17.0 Å². The number of ketones is 1. The number of hydrogen-bond acceptors (Lipinski definition) is 5. The van der Waals surface area contributed by atoms with Gasteiger partial charge in [0, 0.05) is 12.7 Å². The van der Waals surface area contributed by atoms with Crippen molar-refractivity contribution in [3.8, 4) is 0 Å².